The van der Waals surface area contributed by atoms with Crippen molar-refractivity contribution in [2.45, 2.75) is 20.0 Å². The lowest BCUT2D eigenvalue weighted by molar-refractivity contribution is -0.385. The van der Waals surface area contributed by atoms with Crippen molar-refractivity contribution in [3.8, 4) is 0 Å². The number of nitrogens with two attached hydrogens (primary N) is 1. The third-order valence-corrected chi connectivity index (χ3v) is 2.78. The summed E-state index contributed by atoms with van der Waals surface area (Å²) in [5, 5.41) is 20.9. The van der Waals surface area contributed by atoms with Crippen molar-refractivity contribution in [1.82, 2.24) is 15.0 Å². The highest BCUT2D eigenvalue weighted by atomic mass is 16.6. The van der Waals surface area contributed by atoms with Crippen LogP contribution in [0.5, 0.6) is 0 Å². The summed E-state index contributed by atoms with van der Waals surface area (Å²) < 4.78 is 1.37. The number of rotatable bonds is 5. The Bertz CT molecular complexity index is 681. The summed E-state index contributed by atoms with van der Waals surface area (Å²) in [5.41, 5.74) is 6.97. The van der Waals surface area contributed by atoms with E-state index in [9.17, 15) is 14.9 Å². The molecule has 110 valence electrons. The zero-order valence-electron chi connectivity index (χ0n) is 11.3. The molecule has 0 fully saturated rings. The molecule has 1 heterocycles. The molecule has 0 aliphatic carbocycles. The van der Waals surface area contributed by atoms with Crippen LogP contribution in [0.15, 0.2) is 24.4 Å². The van der Waals surface area contributed by atoms with Crippen LogP contribution in [0.2, 0.25) is 0 Å². The van der Waals surface area contributed by atoms with E-state index in [1.807, 2.05) is 0 Å². The minimum Gasteiger partial charge on any atom is -0.325 e. The quantitative estimate of drug-likeness (QED) is 0.612. The normalized spacial score (nSPS) is 10.4. The fraction of sp³-hybridized carbons (Fsp3) is 0.250. The van der Waals surface area contributed by atoms with Gasteiger partial charge >= 0.3 is 0 Å². The molecule has 9 nitrogen and oxygen atoms in total. The third kappa shape index (κ3) is 3.60. The maximum absolute atomic E-state index is 11.8. The van der Waals surface area contributed by atoms with Gasteiger partial charge in [0.25, 0.3) is 5.69 Å². The SMILES string of the molecule is Cc1cc(NC(=O)Cn2cc(CN)nn2)ccc1[N+](=O)[O-]. The smallest absolute Gasteiger partial charge is 0.272 e. The molecule has 0 bridgehead atoms. The molecule has 1 aromatic heterocycles. The molecule has 21 heavy (non-hydrogen) atoms. The Labute approximate surface area is 119 Å². The first-order valence-electron chi connectivity index (χ1n) is 6.13. The van der Waals surface area contributed by atoms with Crippen LogP contribution in [-0.4, -0.2) is 25.8 Å². The van der Waals surface area contributed by atoms with E-state index in [1.54, 1.807) is 19.2 Å². The zero-order valence-corrected chi connectivity index (χ0v) is 11.3. The lowest BCUT2D eigenvalue weighted by atomic mass is 10.2. The van der Waals surface area contributed by atoms with Gasteiger partial charge < -0.3 is 11.1 Å². The number of benzene rings is 1. The molecule has 2 aromatic rings. The molecule has 1 amide bonds. The van der Waals surface area contributed by atoms with Crippen LogP contribution < -0.4 is 11.1 Å². The number of hydrogen-bond acceptors (Lipinski definition) is 6. The summed E-state index contributed by atoms with van der Waals surface area (Å²) >= 11 is 0. The number of nitro benzene ring substituents is 1. The van der Waals surface area contributed by atoms with Gasteiger partial charge in [0, 0.05) is 23.9 Å². The van der Waals surface area contributed by atoms with Crippen LogP contribution >= 0.6 is 0 Å². The lowest BCUT2D eigenvalue weighted by Crippen LogP contribution is -2.19. The van der Waals surface area contributed by atoms with E-state index < -0.39 is 4.92 Å². The van der Waals surface area contributed by atoms with Gasteiger partial charge in [-0.05, 0) is 19.1 Å². The molecule has 0 saturated heterocycles. The summed E-state index contributed by atoms with van der Waals surface area (Å²) in [4.78, 5) is 22.1. The predicted molar refractivity (Wildman–Crippen MR) is 74.4 cm³/mol. The van der Waals surface area contributed by atoms with Crippen molar-refractivity contribution in [2.75, 3.05) is 5.32 Å². The van der Waals surface area contributed by atoms with Gasteiger partial charge in [-0.25, -0.2) is 4.68 Å². The van der Waals surface area contributed by atoms with Crippen LogP contribution in [0.3, 0.4) is 0 Å². The average molecular weight is 290 g/mol. The molecular formula is C12H14N6O3. The summed E-state index contributed by atoms with van der Waals surface area (Å²) in [6, 6.07) is 4.38. The van der Waals surface area contributed by atoms with Crippen LogP contribution in [-0.2, 0) is 17.9 Å². The Balaban J connectivity index is 2.02. The van der Waals surface area contributed by atoms with Crippen LogP contribution in [0, 0.1) is 17.0 Å². The molecule has 0 unspecified atom stereocenters. The molecular weight excluding hydrogens is 276 g/mol. The van der Waals surface area contributed by atoms with Gasteiger partial charge in [-0.15, -0.1) is 5.10 Å². The molecule has 9 heteroatoms. The first kappa shape index (κ1) is 14.6. The van der Waals surface area contributed by atoms with Crippen molar-refractivity contribution in [1.29, 1.82) is 0 Å². The van der Waals surface area contributed by atoms with E-state index in [2.05, 4.69) is 15.6 Å². The van der Waals surface area contributed by atoms with Gasteiger partial charge in [0.2, 0.25) is 5.91 Å². The first-order valence-corrected chi connectivity index (χ1v) is 6.13. The maximum atomic E-state index is 11.8. The second-order valence-electron chi connectivity index (χ2n) is 4.42. The monoisotopic (exact) mass is 290 g/mol. The second-order valence-corrected chi connectivity index (χ2v) is 4.42. The summed E-state index contributed by atoms with van der Waals surface area (Å²) in [5.74, 6) is -0.309. The standard InChI is InChI=1S/C12H14N6O3/c1-8-4-9(2-3-11(8)18(20)21)14-12(19)7-17-6-10(5-13)15-16-17/h2-4,6H,5,7,13H2,1H3,(H,14,19). The molecule has 0 radical (unpaired) electrons. The molecule has 0 spiro atoms. The van der Waals surface area contributed by atoms with Gasteiger partial charge in [-0.1, -0.05) is 5.21 Å². The molecule has 3 N–H and O–H groups in total. The number of nitrogens with one attached hydrogen (secondary N) is 1. The average Bonchev–Trinajstić information content (AvgIpc) is 2.85. The van der Waals surface area contributed by atoms with Crippen molar-refractivity contribution in [3.63, 3.8) is 0 Å². The number of nitro groups is 1. The number of nitrogens with zero attached hydrogens (tertiary/aromatic N) is 4. The Morgan fingerprint density at radius 3 is 2.86 bits per heavy atom. The lowest BCUT2D eigenvalue weighted by Gasteiger charge is -2.06. The number of aromatic nitrogens is 3. The highest BCUT2D eigenvalue weighted by Crippen LogP contribution is 2.21. The minimum absolute atomic E-state index is 0.0109. The second kappa shape index (κ2) is 6.09. The van der Waals surface area contributed by atoms with E-state index in [4.69, 9.17) is 5.73 Å². The van der Waals surface area contributed by atoms with E-state index >= 15 is 0 Å². The summed E-state index contributed by atoms with van der Waals surface area (Å²) in [6.45, 7) is 1.85. The van der Waals surface area contributed by atoms with Crippen LogP contribution in [0.4, 0.5) is 11.4 Å². The van der Waals surface area contributed by atoms with E-state index in [-0.39, 0.29) is 24.7 Å². The van der Waals surface area contributed by atoms with Crippen molar-refractivity contribution in [2.24, 2.45) is 5.73 Å². The van der Waals surface area contributed by atoms with Crippen molar-refractivity contribution < 1.29 is 9.72 Å². The Hall–Kier alpha value is -2.81. The molecule has 0 aliphatic heterocycles. The molecule has 0 saturated carbocycles. The minimum atomic E-state index is -0.468. The first-order chi connectivity index (χ1) is 9.99. The van der Waals surface area contributed by atoms with Crippen LogP contribution in [0.25, 0.3) is 0 Å². The molecule has 2 rings (SSSR count). The van der Waals surface area contributed by atoms with Gasteiger partial charge in [-0.3, -0.25) is 14.9 Å². The zero-order chi connectivity index (χ0) is 15.4. The number of aryl methyl sites for hydroxylation is 1. The topological polar surface area (TPSA) is 129 Å². The van der Waals surface area contributed by atoms with Gasteiger partial charge in [0.05, 0.1) is 16.8 Å². The maximum Gasteiger partial charge on any atom is 0.272 e. The fourth-order valence-electron chi connectivity index (χ4n) is 1.80. The Morgan fingerprint density at radius 1 is 1.52 bits per heavy atom. The largest absolute Gasteiger partial charge is 0.325 e. The van der Waals surface area contributed by atoms with Gasteiger partial charge in [0.1, 0.15) is 6.54 Å². The van der Waals surface area contributed by atoms with Gasteiger partial charge in [-0.2, -0.15) is 0 Å². The number of carbonyl (C=O) groups excluding carboxylic acids is 1. The van der Waals surface area contributed by atoms with Gasteiger partial charge in [0.15, 0.2) is 0 Å². The molecule has 1 aromatic carbocycles. The third-order valence-electron chi connectivity index (χ3n) is 2.78. The molecule has 0 aliphatic rings. The number of anilines is 1. The molecule has 0 atom stereocenters. The van der Waals surface area contributed by atoms with E-state index in [1.165, 1.54) is 16.8 Å². The highest BCUT2D eigenvalue weighted by molar-refractivity contribution is 5.90. The highest BCUT2D eigenvalue weighted by Gasteiger charge is 2.12. The fourth-order valence-corrected chi connectivity index (χ4v) is 1.80. The number of amides is 1. The van der Waals surface area contributed by atoms with E-state index in [0.717, 1.165) is 0 Å². The Morgan fingerprint density at radius 2 is 2.29 bits per heavy atom. The van der Waals surface area contributed by atoms with E-state index in [0.29, 0.717) is 16.9 Å². The Kier molecular flexibility index (Phi) is 4.24. The number of hydrogen-bond donors (Lipinski definition) is 2. The predicted octanol–water partition coefficient (Wildman–Crippen LogP) is 0.592. The summed E-state index contributed by atoms with van der Waals surface area (Å²) in [6.07, 6.45) is 1.58. The van der Waals surface area contributed by atoms with Crippen LogP contribution in [0.1, 0.15) is 11.3 Å². The van der Waals surface area contributed by atoms with Crippen molar-refractivity contribution >= 4 is 17.3 Å². The van der Waals surface area contributed by atoms with Crippen molar-refractivity contribution in [3.05, 3.63) is 45.8 Å². The number of carbonyl (C=O) groups is 1. The summed E-state index contributed by atoms with van der Waals surface area (Å²) in [7, 11) is 0.